The van der Waals surface area contributed by atoms with E-state index in [-0.39, 0.29) is 23.6 Å². The number of esters is 1. The van der Waals surface area contributed by atoms with Gasteiger partial charge in [0.15, 0.2) is 5.75 Å². The summed E-state index contributed by atoms with van der Waals surface area (Å²) in [4.78, 5) is 16.2. The summed E-state index contributed by atoms with van der Waals surface area (Å²) in [6.45, 7) is 2.64. The van der Waals surface area contributed by atoms with Crippen molar-refractivity contribution in [3.05, 3.63) is 47.2 Å². The van der Waals surface area contributed by atoms with Gasteiger partial charge in [-0.05, 0) is 81.1 Å². The van der Waals surface area contributed by atoms with Crippen LogP contribution in [0.2, 0.25) is 5.02 Å². The number of carbonyl (C=O) groups excluding carboxylic acids is 1. The van der Waals surface area contributed by atoms with Crippen LogP contribution in [0.25, 0.3) is 11.0 Å². The molecule has 2 heterocycles. The number of nitrogens with zero attached hydrogens (tertiary/aromatic N) is 2. The van der Waals surface area contributed by atoms with E-state index in [9.17, 15) is 18.0 Å². The third-order valence-electron chi connectivity index (χ3n) is 6.14. The summed E-state index contributed by atoms with van der Waals surface area (Å²) in [7, 11) is 1.28. The molecular weight excluding hydrogens is 499 g/mol. The number of aryl methyl sites for hydroxylation is 1. The molecule has 11 heteroatoms. The molecule has 1 unspecified atom stereocenters. The number of hydrogen-bond acceptors (Lipinski definition) is 6. The summed E-state index contributed by atoms with van der Waals surface area (Å²) in [5, 5.41) is 3.97. The average Bonchev–Trinajstić information content (AvgIpc) is 3.21. The lowest BCUT2D eigenvalue weighted by atomic mass is 9.95. The lowest BCUT2D eigenvalue weighted by Crippen LogP contribution is -2.29. The van der Waals surface area contributed by atoms with Crippen LogP contribution < -0.4 is 19.5 Å². The monoisotopic (exact) mass is 525 g/mol. The van der Waals surface area contributed by atoms with Gasteiger partial charge < -0.3 is 24.1 Å². The molecule has 1 N–H and O–H groups in total. The topological polar surface area (TPSA) is 74.6 Å². The molecule has 4 rings (SSSR count). The van der Waals surface area contributed by atoms with Crippen LogP contribution >= 0.6 is 11.6 Å². The summed E-state index contributed by atoms with van der Waals surface area (Å²) in [5.74, 6) is -1.12. The lowest BCUT2D eigenvalue weighted by Gasteiger charge is -2.22. The first-order chi connectivity index (χ1) is 17.3. The molecule has 1 aliphatic rings. The summed E-state index contributed by atoms with van der Waals surface area (Å²) in [5.41, 5.74) is 0.623. The smallest absolute Gasteiger partial charge is 0.491 e. The van der Waals surface area contributed by atoms with Crippen molar-refractivity contribution in [1.82, 2.24) is 14.9 Å². The van der Waals surface area contributed by atoms with Gasteiger partial charge in [0.2, 0.25) is 5.75 Å². The number of piperidine rings is 1. The Morgan fingerprint density at radius 1 is 1.22 bits per heavy atom. The molecule has 0 bridgehead atoms. The fraction of sp³-hybridized carbons (Fsp3) is 0.440. The summed E-state index contributed by atoms with van der Waals surface area (Å²) >= 11 is 5.94. The van der Waals surface area contributed by atoms with Crippen LogP contribution in [0.15, 0.2) is 36.4 Å². The molecule has 0 radical (unpaired) electrons. The quantitative estimate of drug-likeness (QED) is 0.293. The third kappa shape index (κ3) is 6.22. The Balaban J connectivity index is 1.65. The van der Waals surface area contributed by atoms with Crippen molar-refractivity contribution in [2.75, 3.05) is 20.2 Å². The lowest BCUT2D eigenvalue weighted by molar-refractivity contribution is -0.189. The fourth-order valence-corrected chi connectivity index (χ4v) is 4.48. The Bertz CT molecular complexity index is 1190. The van der Waals surface area contributed by atoms with Crippen molar-refractivity contribution >= 4 is 28.6 Å². The Kier molecular flexibility index (Phi) is 8.25. The zero-order valence-electron chi connectivity index (χ0n) is 19.7. The van der Waals surface area contributed by atoms with E-state index in [2.05, 4.69) is 10.3 Å². The maximum absolute atomic E-state index is 13.0. The number of rotatable bonds is 9. The number of hydrogen-bond donors (Lipinski definition) is 1. The second kappa shape index (κ2) is 11.4. The van der Waals surface area contributed by atoms with Gasteiger partial charge >= 0.3 is 12.1 Å². The minimum Gasteiger partial charge on any atom is -0.493 e. The van der Waals surface area contributed by atoms with Crippen molar-refractivity contribution in [2.45, 2.75) is 45.0 Å². The summed E-state index contributed by atoms with van der Waals surface area (Å²) in [6.07, 6.45) is -1.01. The first kappa shape index (κ1) is 26.1. The number of aromatic nitrogens is 2. The number of imidazole rings is 1. The van der Waals surface area contributed by atoms with Crippen molar-refractivity contribution in [3.8, 4) is 17.2 Å². The molecule has 1 fully saturated rings. The first-order valence-corrected chi connectivity index (χ1v) is 12.1. The van der Waals surface area contributed by atoms with Gasteiger partial charge in [0, 0.05) is 11.6 Å². The molecular formula is C25H27ClF3N3O4. The number of carbonyl (C=O) groups is 1. The van der Waals surface area contributed by atoms with Crippen molar-refractivity contribution < 1.29 is 32.2 Å². The molecule has 1 saturated heterocycles. The van der Waals surface area contributed by atoms with Crippen LogP contribution in [-0.2, 0) is 17.9 Å². The van der Waals surface area contributed by atoms with Gasteiger partial charge in [0.1, 0.15) is 23.7 Å². The van der Waals surface area contributed by atoms with Crippen molar-refractivity contribution in [3.63, 3.8) is 0 Å². The predicted octanol–water partition coefficient (Wildman–Crippen LogP) is 5.52. The number of alkyl halides is 3. The van der Waals surface area contributed by atoms with E-state index in [0.717, 1.165) is 32.4 Å². The van der Waals surface area contributed by atoms with Crippen LogP contribution in [0.4, 0.5) is 13.2 Å². The molecule has 0 spiro atoms. The first-order valence-electron chi connectivity index (χ1n) is 11.7. The predicted molar refractivity (Wildman–Crippen MR) is 129 cm³/mol. The summed E-state index contributed by atoms with van der Waals surface area (Å²) in [6, 6.07) is 9.97. The van der Waals surface area contributed by atoms with E-state index < -0.39 is 12.1 Å². The number of nitrogens with one attached hydrogen (secondary N) is 1. The number of fused-ring (bicyclic) bond motifs is 1. The van der Waals surface area contributed by atoms with Crippen LogP contribution in [-0.4, -0.2) is 41.9 Å². The Hall–Kier alpha value is -2.98. The molecule has 0 aliphatic carbocycles. The fourth-order valence-electron chi connectivity index (χ4n) is 4.35. The Morgan fingerprint density at radius 3 is 2.67 bits per heavy atom. The Morgan fingerprint density at radius 2 is 2.00 bits per heavy atom. The van der Waals surface area contributed by atoms with Gasteiger partial charge in [0.25, 0.3) is 0 Å². The van der Waals surface area contributed by atoms with Crippen LogP contribution in [0.3, 0.4) is 0 Å². The maximum atomic E-state index is 13.0. The second-order valence-corrected chi connectivity index (χ2v) is 9.07. The largest absolute Gasteiger partial charge is 0.493 e. The third-order valence-corrected chi connectivity index (χ3v) is 6.39. The van der Waals surface area contributed by atoms with Crippen molar-refractivity contribution in [2.24, 2.45) is 5.92 Å². The molecule has 1 aromatic heterocycles. The van der Waals surface area contributed by atoms with Gasteiger partial charge in [-0.2, -0.15) is 13.2 Å². The van der Waals surface area contributed by atoms with Crippen molar-refractivity contribution in [1.29, 1.82) is 0 Å². The van der Waals surface area contributed by atoms with E-state index in [4.69, 9.17) is 25.8 Å². The molecule has 7 nitrogen and oxygen atoms in total. The van der Waals surface area contributed by atoms with Crippen LogP contribution in [0.5, 0.6) is 17.2 Å². The number of methoxy groups -OCH3 is 1. The van der Waals surface area contributed by atoms with E-state index in [1.54, 1.807) is 30.3 Å². The van der Waals surface area contributed by atoms with Gasteiger partial charge in [-0.25, -0.2) is 9.78 Å². The Labute approximate surface area is 211 Å². The van der Waals surface area contributed by atoms with E-state index >= 15 is 0 Å². The molecule has 194 valence electrons. The van der Waals surface area contributed by atoms with Gasteiger partial charge in [0.05, 0.1) is 12.6 Å². The SMILES string of the molecule is COc1ccc2c(nc(COc3ccc(Cl)cc3)n2CCCC2CCCNC2)c1OC(=O)C(F)(F)F. The van der Waals surface area contributed by atoms with Crippen LogP contribution in [0.1, 0.15) is 31.5 Å². The molecule has 1 aliphatic heterocycles. The number of ether oxygens (including phenoxy) is 3. The highest BCUT2D eigenvalue weighted by molar-refractivity contribution is 6.30. The number of halogens is 4. The average molecular weight is 526 g/mol. The normalized spacial score (nSPS) is 16.2. The van der Waals surface area contributed by atoms with E-state index in [0.29, 0.717) is 34.6 Å². The van der Waals surface area contributed by atoms with Gasteiger partial charge in [-0.1, -0.05) is 11.6 Å². The second-order valence-electron chi connectivity index (χ2n) is 8.63. The molecule has 3 aromatic rings. The highest BCUT2D eigenvalue weighted by Crippen LogP contribution is 2.37. The van der Waals surface area contributed by atoms with Crippen LogP contribution in [0, 0.1) is 5.92 Å². The van der Waals surface area contributed by atoms with Gasteiger partial charge in [-0.15, -0.1) is 0 Å². The molecule has 2 aromatic carbocycles. The number of benzene rings is 2. The van der Waals surface area contributed by atoms with E-state index in [1.807, 2.05) is 4.57 Å². The zero-order valence-corrected chi connectivity index (χ0v) is 20.5. The molecule has 0 saturated carbocycles. The standard InChI is InChI=1S/C25H27ClF3N3O4/c1-34-20-11-10-19-22(23(20)36-24(33)25(27,28)29)31-21(15-35-18-8-6-17(26)7-9-18)32(19)13-3-5-16-4-2-12-30-14-16/h6-11,16,30H,2-5,12-15H2,1H3. The molecule has 0 amide bonds. The minimum absolute atomic E-state index is 0.0248. The highest BCUT2D eigenvalue weighted by Gasteiger charge is 2.42. The molecule has 1 atom stereocenters. The minimum atomic E-state index is -5.16. The van der Waals surface area contributed by atoms with Gasteiger partial charge in [-0.3, -0.25) is 0 Å². The van der Waals surface area contributed by atoms with E-state index in [1.165, 1.54) is 19.6 Å². The molecule has 36 heavy (non-hydrogen) atoms. The summed E-state index contributed by atoms with van der Waals surface area (Å²) < 4.78 is 56.6. The highest BCUT2D eigenvalue weighted by atomic mass is 35.5. The maximum Gasteiger partial charge on any atom is 0.491 e. The zero-order chi connectivity index (χ0) is 25.7.